The summed E-state index contributed by atoms with van der Waals surface area (Å²) in [5.74, 6) is -0.221. The first-order valence-corrected chi connectivity index (χ1v) is 5.85. The van der Waals surface area contributed by atoms with Gasteiger partial charge in [-0.2, -0.15) is 0 Å². The molecule has 84 valence electrons. The first-order valence-electron chi connectivity index (χ1n) is 5.04. The number of thiophene rings is 1. The molecule has 0 saturated carbocycles. The lowest BCUT2D eigenvalue weighted by molar-refractivity contribution is 0.0702. The lowest BCUT2D eigenvalue weighted by Crippen LogP contribution is -2.18. The van der Waals surface area contributed by atoms with Crippen LogP contribution in [0.15, 0.2) is 6.07 Å². The Morgan fingerprint density at radius 3 is 2.73 bits per heavy atom. The van der Waals surface area contributed by atoms with E-state index in [1.54, 1.807) is 6.07 Å². The van der Waals surface area contributed by atoms with E-state index in [-0.39, 0.29) is 0 Å². The van der Waals surface area contributed by atoms with Gasteiger partial charge in [-0.05, 0) is 31.0 Å². The SMILES string of the molecule is Cc1sc(C(=O)O)cc1CNCC(C)C. The molecule has 1 aromatic heterocycles. The van der Waals surface area contributed by atoms with Crippen molar-refractivity contribution in [3.8, 4) is 0 Å². The highest BCUT2D eigenvalue weighted by molar-refractivity contribution is 7.14. The molecule has 0 atom stereocenters. The van der Waals surface area contributed by atoms with Crippen molar-refractivity contribution in [2.75, 3.05) is 6.54 Å². The summed E-state index contributed by atoms with van der Waals surface area (Å²) in [6, 6.07) is 1.76. The van der Waals surface area contributed by atoms with Gasteiger partial charge < -0.3 is 10.4 Å². The van der Waals surface area contributed by atoms with E-state index >= 15 is 0 Å². The third-order valence-corrected chi connectivity index (χ3v) is 3.18. The molecule has 1 aromatic rings. The van der Waals surface area contributed by atoms with Gasteiger partial charge in [-0.1, -0.05) is 13.8 Å². The van der Waals surface area contributed by atoms with E-state index in [1.165, 1.54) is 11.3 Å². The quantitative estimate of drug-likeness (QED) is 0.812. The molecule has 2 N–H and O–H groups in total. The lowest BCUT2D eigenvalue weighted by atomic mass is 10.2. The number of nitrogens with one attached hydrogen (secondary N) is 1. The number of aromatic carboxylic acids is 1. The average Bonchev–Trinajstić information content (AvgIpc) is 2.47. The molecule has 4 heteroatoms. The third kappa shape index (κ3) is 3.64. The Labute approximate surface area is 94.1 Å². The van der Waals surface area contributed by atoms with Crippen LogP contribution >= 0.6 is 11.3 Å². The molecular weight excluding hydrogens is 210 g/mol. The normalized spacial score (nSPS) is 10.9. The largest absolute Gasteiger partial charge is 0.477 e. The van der Waals surface area contributed by atoms with Crippen LogP contribution in [0.25, 0.3) is 0 Å². The summed E-state index contributed by atoms with van der Waals surface area (Å²) >= 11 is 1.34. The molecule has 0 aliphatic carbocycles. The Morgan fingerprint density at radius 1 is 1.60 bits per heavy atom. The van der Waals surface area contributed by atoms with Gasteiger partial charge in [0.05, 0.1) is 0 Å². The van der Waals surface area contributed by atoms with E-state index in [0.29, 0.717) is 10.8 Å². The third-order valence-electron chi connectivity index (χ3n) is 2.10. The van der Waals surface area contributed by atoms with Crippen molar-refractivity contribution in [1.29, 1.82) is 0 Å². The van der Waals surface area contributed by atoms with Gasteiger partial charge in [-0.15, -0.1) is 11.3 Å². The van der Waals surface area contributed by atoms with Gasteiger partial charge in [-0.3, -0.25) is 0 Å². The van der Waals surface area contributed by atoms with Crippen molar-refractivity contribution in [3.05, 3.63) is 21.4 Å². The molecular formula is C11H17NO2S. The molecule has 0 fully saturated rings. The number of hydrogen-bond acceptors (Lipinski definition) is 3. The van der Waals surface area contributed by atoms with Crippen molar-refractivity contribution >= 4 is 17.3 Å². The van der Waals surface area contributed by atoms with Crippen molar-refractivity contribution in [3.63, 3.8) is 0 Å². The van der Waals surface area contributed by atoms with Crippen LogP contribution in [0.2, 0.25) is 0 Å². The number of aryl methyl sites for hydroxylation is 1. The smallest absolute Gasteiger partial charge is 0.345 e. The Bertz CT molecular complexity index is 344. The van der Waals surface area contributed by atoms with Crippen LogP contribution in [-0.2, 0) is 6.54 Å². The first kappa shape index (κ1) is 12.2. The summed E-state index contributed by atoms with van der Waals surface area (Å²) in [4.78, 5) is 12.3. The van der Waals surface area contributed by atoms with E-state index in [9.17, 15) is 4.79 Å². The maximum Gasteiger partial charge on any atom is 0.345 e. The molecule has 1 rings (SSSR count). The monoisotopic (exact) mass is 227 g/mol. The highest BCUT2D eigenvalue weighted by Crippen LogP contribution is 2.21. The van der Waals surface area contributed by atoms with Crippen LogP contribution in [0.5, 0.6) is 0 Å². The van der Waals surface area contributed by atoms with Gasteiger partial charge in [-0.25, -0.2) is 4.79 Å². The van der Waals surface area contributed by atoms with E-state index in [1.807, 2.05) is 6.92 Å². The predicted molar refractivity (Wildman–Crippen MR) is 62.6 cm³/mol. The number of carboxylic acid groups (broad SMARTS) is 1. The zero-order chi connectivity index (χ0) is 11.4. The average molecular weight is 227 g/mol. The Hall–Kier alpha value is -0.870. The molecule has 0 saturated heterocycles. The van der Waals surface area contributed by atoms with Gasteiger partial charge in [0.2, 0.25) is 0 Å². The molecule has 0 aliphatic rings. The zero-order valence-corrected chi connectivity index (χ0v) is 10.1. The fraction of sp³-hybridized carbons (Fsp3) is 0.545. The second kappa shape index (κ2) is 5.28. The molecule has 0 bridgehead atoms. The zero-order valence-electron chi connectivity index (χ0n) is 9.33. The first-order chi connectivity index (χ1) is 7.00. The molecule has 0 radical (unpaired) electrons. The fourth-order valence-electron chi connectivity index (χ4n) is 1.30. The van der Waals surface area contributed by atoms with Crippen LogP contribution in [0.4, 0.5) is 0 Å². The molecule has 0 spiro atoms. The summed E-state index contributed by atoms with van der Waals surface area (Å²) < 4.78 is 0. The van der Waals surface area contributed by atoms with E-state index in [4.69, 9.17) is 5.11 Å². The van der Waals surface area contributed by atoms with E-state index in [2.05, 4.69) is 19.2 Å². The molecule has 0 aliphatic heterocycles. The maximum absolute atomic E-state index is 10.7. The minimum Gasteiger partial charge on any atom is -0.477 e. The van der Waals surface area contributed by atoms with Crippen molar-refractivity contribution < 1.29 is 9.90 Å². The second-order valence-electron chi connectivity index (χ2n) is 4.02. The van der Waals surface area contributed by atoms with Gasteiger partial charge in [0.25, 0.3) is 0 Å². The topological polar surface area (TPSA) is 49.3 Å². The van der Waals surface area contributed by atoms with Crippen LogP contribution in [0, 0.1) is 12.8 Å². The Balaban J connectivity index is 2.57. The van der Waals surface area contributed by atoms with Gasteiger partial charge in [0.1, 0.15) is 4.88 Å². The molecule has 0 aromatic carbocycles. The summed E-state index contributed by atoms with van der Waals surface area (Å²) in [6.45, 7) is 7.97. The van der Waals surface area contributed by atoms with Gasteiger partial charge in [0, 0.05) is 11.4 Å². The molecule has 0 unspecified atom stereocenters. The number of rotatable bonds is 5. The van der Waals surface area contributed by atoms with E-state index < -0.39 is 5.97 Å². The predicted octanol–water partition coefficient (Wildman–Crippen LogP) is 2.50. The second-order valence-corrected chi connectivity index (χ2v) is 5.28. The van der Waals surface area contributed by atoms with Crippen LogP contribution in [-0.4, -0.2) is 17.6 Å². The molecule has 3 nitrogen and oxygen atoms in total. The van der Waals surface area contributed by atoms with Crippen LogP contribution in [0.1, 0.15) is 34.0 Å². The molecule has 1 heterocycles. The van der Waals surface area contributed by atoms with Crippen LogP contribution < -0.4 is 5.32 Å². The van der Waals surface area contributed by atoms with Gasteiger partial charge in [0.15, 0.2) is 0 Å². The number of carboxylic acids is 1. The highest BCUT2D eigenvalue weighted by Gasteiger charge is 2.10. The van der Waals surface area contributed by atoms with Gasteiger partial charge >= 0.3 is 5.97 Å². The molecule has 15 heavy (non-hydrogen) atoms. The summed E-state index contributed by atoms with van der Waals surface area (Å²) in [7, 11) is 0. The van der Waals surface area contributed by atoms with Crippen LogP contribution in [0.3, 0.4) is 0 Å². The summed E-state index contributed by atoms with van der Waals surface area (Å²) in [5, 5.41) is 12.1. The van der Waals surface area contributed by atoms with Crippen molar-refractivity contribution in [2.24, 2.45) is 5.92 Å². The van der Waals surface area contributed by atoms with Crippen molar-refractivity contribution in [1.82, 2.24) is 5.32 Å². The van der Waals surface area contributed by atoms with Crippen molar-refractivity contribution in [2.45, 2.75) is 27.3 Å². The lowest BCUT2D eigenvalue weighted by Gasteiger charge is -2.06. The highest BCUT2D eigenvalue weighted by atomic mass is 32.1. The summed E-state index contributed by atoms with van der Waals surface area (Å²) in [6.07, 6.45) is 0. The minimum atomic E-state index is -0.835. The van der Waals surface area contributed by atoms with E-state index in [0.717, 1.165) is 23.5 Å². The Morgan fingerprint density at radius 2 is 2.27 bits per heavy atom. The fourth-order valence-corrected chi connectivity index (χ4v) is 2.18. The summed E-state index contributed by atoms with van der Waals surface area (Å²) in [5.41, 5.74) is 1.10. The minimum absolute atomic E-state index is 0.425. The number of hydrogen-bond donors (Lipinski definition) is 2. The standard InChI is InChI=1S/C11H17NO2S/c1-7(2)5-12-6-9-4-10(11(13)14)15-8(9)3/h4,7,12H,5-6H2,1-3H3,(H,13,14). The Kier molecular flexibility index (Phi) is 4.29. The molecule has 0 amide bonds. The maximum atomic E-state index is 10.7. The number of carbonyl (C=O) groups is 1.